The lowest BCUT2D eigenvalue weighted by Gasteiger charge is -2.12. The summed E-state index contributed by atoms with van der Waals surface area (Å²) in [7, 11) is 0. The molecule has 0 N–H and O–H groups in total. The second-order valence-electron chi connectivity index (χ2n) is 10.9. The SMILES string of the molecule is c1ccc(-c2cccc(-c3nc(-c4ccccc4)nc(-n4c5ccccc5c5ccc6sc7ccccc7c6c54)n3)c2)cc1. The predicted octanol–water partition coefficient (Wildman–Crippen LogP) is 10.3. The molecule has 9 aromatic rings. The summed E-state index contributed by atoms with van der Waals surface area (Å²) in [6.07, 6.45) is 0. The molecular formula is C39H24N4S. The van der Waals surface area contributed by atoms with Crippen LogP contribution in [0.2, 0.25) is 0 Å². The standard InChI is InChI=1S/C39H24N4S/c1-3-12-25(13-4-1)27-16-11-17-28(24-27)38-40-37(26-14-5-2-6-15-26)41-39(42-38)43-32-20-9-7-18-29(32)30-22-23-34-35(36(30)43)31-19-8-10-21-33(31)44-34/h1-24H. The Kier molecular flexibility index (Phi) is 5.64. The molecular weight excluding hydrogens is 557 g/mol. The number of hydrogen-bond donors (Lipinski definition) is 0. The van der Waals surface area contributed by atoms with Crippen LogP contribution in [0.3, 0.4) is 0 Å². The van der Waals surface area contributed by atoms with Crippen LogP contribution < -0.4 is 0 Å². The van der Waals surface area contributed by atoms with Crippen molar-refractivity contribution in [2.75, 3.05) is 0 Å². The van der Waals surface area contributed by atoms with E-state index in [4.69, 9.17) is 15.0 Å². The first-order chi connectivity index (χ1) is 21.8. The average molecular weight is 581 g/mol. The molecule has 0 saturated heterocycles. The van der Waals surface area contributed by atoms with Crippen molar-refractivity contribution in [3.8, 4) is 39.9 Å². The van der Waals surface area contributed by atoms with E-state index in [-0.39, 0.29) is 0 Å². The Morgan fingerprint density at radius 2 is 1.07 bits per heavy atom. The van der Waals surface area contributed by atoms with Crippen molar-refractivity contribution in [3.05, 3.63) is 146 Å². The van der Waals surface area contributed by atoms with E-state index in [9.17, 15) is 0 Å². The number of rotatable bonds is 4. The zero-order valence-corrected chi connectivity index (χ0v) is 24.4. The number of para-hydroxylation sites is 1. The molecule has 0 spiro atoms. The minimum absolute atomic E-state index is 0.605. The van der Waals surface area contributed by atoms with Gasteiger partial charge in [0, 0.05) is 42.1 Å². The molecule has 0 amide bonds. The van der Waals surface area contributed by atoms with Gasteiger partial charge in [-0.1, -0.05) is 121 Å². The summed E-state index contributed by atoms with van der Waals surface area (Å²) >= 11 is 1.82. The highest BCUT2D eigenvalue weighted by atomic mass is 32.1. The molecule has 9 rings (SSSR count). The van der Waals surface area contributed by atoms with Crippen LogP contribution in [0, 0.1) is 0 Å². The topological polar surface area (TPSA) is 43.6 Å². The van der Waals surface area contributed by atoms with Gasteiger partial charge >= 0.3 is 0 Å². The van der Waals surface area contributed by atoms with Crippen LogP contribution in [0.5, 0.6) is 0 Å². The summed E-state index contributed by atoms with van der Waals surface area (Å²) in [4.78, 5) is 15.4. The van der Waals surface area contributed by atoms with Crippen molar-refractivity contribution < 1.29 is 0 Å². The van der Waals surface area contributed by atoms with E-state index >= 15 is 0 Å². The van der Waals surface area contributed by atoms with Gasteiger partial charge in [-0.25, -0.2) is 4.98 Å². The Hall–Kier alpha value is -5.65. The van der Waals surface area contributed by atoms with Crippen molar-refractivity contribution in [2.24, 2.45) is 0 Å². The Morgan fingerprint density at radius 1 is 0.432 bits per heavy atom. The molecule has 0 aliphatic carbocycles. The van der Waals surface area contributed by atoms with Crippen LogP contribution in [-0.2, 0) is 0 Å². The fourth-order valence-electron chi connectivity index (χ4n) is 6.25. The molecule has 5 heteroatoms. The maximum atomic E-state index is 5.22. The highest BCUT2D eigenvalue weighted by Crippen LogP contribution is 2.42. The van der Waals surface area contributed by atoms with Gasteiger partial charge in [0.25, 0.3) is 0 Å². The molecule has 0 atom stereocenters. The summed E-state index contributed by atoms with van der Waals surface area (Å²) in [5.74, 6) is 1.89. The van der Waals surface area contributed by atoms with Crippen molar-refractivity contribution in [3.63, 3.8) is 0 Å². The molecule has 0 bridgehead atoms. The lowest BCUT2D eigenvalue weighted by molar-refractivity contribution is 0.955. The summed E-state index contributed by atoms with van der Waals surface area (Å²) in [6.45, 7) is 0. The lowest BCUT2D eigenvalue weighted by Crippen LogP contribution is -2.06. The van der Waals surface area contributed by atoms with Crippen LogP contribution in [0.15, 0.2) is 146 Å². The number of hydrogen-bond acceptors (Lipinski definition) is 4. The molecule has 0 saturated carbocycles. The van der Waals surface area contributed by atoms with Gasteiger partial charge in [-0.2, -0.15) is 9.97 Å². The molecule has 3 heterocycles. The number of fused-ring (bicyclic) bond motifs is 7. The molecule has 0 fully saturated rings. The zero-order chi connectivity index (χ0) is 29.0. The zero-order valence-electron chi connectivity index (χ0n) is 23.6. The third-order valence-electron chi connectivity index (χ3n) is 8.26. The van der Waals surface area contributed by atoms with E-state index in [0.717, 1.165) is 33.3 Å². The summed E-state index contributed by atoms with van der Waals surface area (Å²) in [6, 6.07) is 50.7. The van der Waals surface area contributed by atoms with Crippen LogP contribution in [0.1, 0.15) is 0 Å². The lowest BCUT2D eigenvalue weighted by atomic mass is 10.0. The summed E-state index contributed by atoms with van der Waals surface area (Å²) in [5.41, 5.74) is 6.35. The largest absolute Gasteiger partial charge is 0.277 e. The van der Waals surface area contributed by atoms with E-state index < -0.39 is 0 Å². The number of aromatic nitrogens is 4. The van der Waals surface area contributed by atoms with E-state index in [1.54, 1.807) is 0 Å². The van der Waals surface area contributed by atoms with Crippen LogP contribution in [0.25, 0.3) is 81.8 Å². The first-order valence-corrected chi connectivity index (χ1v) is 15.4. The quantitative estimate of drug-likeness (QED) is 0.208. The Bertz CT molecular complexity index is 2490. The second-order valence-corrected chi connectivity index (χ2v) is 12.0. The molecule has 4 nitrogen and oxygen atoms in total. The first-order valence-electron chi connectivity index (χ1n) is 14.6. The Morgan fingerprint density at radius 3 is 1.89 bits per heavy atom. The minimum atomic E-state index is 0.605. The monoisotopic (exact) mass is 580 g/mol. The maximum absolute atomic E-state index is 5.22. The van der Waals surface area contributed by atoms with E-state index in [2.05, 4.69) is 126 Å². The van der Waals surface area contributed by atoms with E-state index in [1.165, 1.54) is 30.9 Å². The highest BCUT2D eigenvalue weighted by Gasteiger charge is 2.21. The van der Waals surface area contributed by atoms with Gasteiger partial charge in [0.1, 0.15) is 0 Å². The third-order valence-corrected chi connectivity index (χ3v) is 9.39. The Labute approximate surface area is 257 Å². The molecule has 0 radical (unpaired) electrons. The fourth-order valence-corrected chi connectivity index (χ4v) is 7.36. The number of nitrogens with zero attached hydrogens (tertiary/aromatic N) is 4. The molecule has 3 aromatic heterocycles. The van der Waals surface area contributed by atoms with Gasteiger partial charge in [-0.05, 0) is 35.4 Å². The molecule has 0 unspecified atom stereocenters. The van der Waals surface area contributed by atoms with Gasteiger partial charge in [0.05, 0.1) is 11.0 Å². The van der Waals surface area contributed by atoms with Crippen molar-refractivity contribution in [1.29, 1.82) is 0 Å². The predicted molar refractivity (Wildman–Crippen MR) is 183 cm³/mol. The molecule has 0 aliphatic rings. The molecule has 206 valence electrons. The normalized spacial score (nSPS) is 11.6. The Balaban J connectivity index is 1.38. The molecule has 0 aliphatic heterocycles. The molecule has 6 aromatic carbocycles. The second kappa shape index (κ2) is 9.97. The molecule has 44 heavy (non-hydrogen) atoms. The number of thiophene rings is 1. The van der Waals surface area contributed by atoms with Crippen LogP contribution in [0.4, 0.5) is 0 Å². The first kappa shape index (κ1) is 24.9. The van der Waals surface area contributed by atoms with Crippen molar-refractivity contribution in [1.82, 2.24) is 19.5 Å². The number of benzene rings is 6. The van der Waals surface area contributed by atoms with Crippen molar-refractivity contribution >= 4 is 53.3 Å². The van der Waals surface area contributed by atoms with Crippen LogP contribution >= 0.6 is 11.3 Å². The van der Waals surface area contributed by atoms with Gasteiger partial charge in [0.15, 0.2) is 11.6 Å². The van der Waals surface area contributed by atoms with E-state index in [0.29, 0.717) is 17.6 Å². The van der Waals surface area contributed by atoms with Gasteiger partial charge < -0.3 is 0 Å². The highest BCUT2D eigenvalue weighted by molar-refractivity contribution is 7.26. The van der Waals surface area contributed by atoms with E-state index in [1.807, 2.05) is 35.6 Å². The smallest absolute Gasteiger partial charge is 0.238 e. The summed E-state index contributed by atoms with van der Waals surface area (Å²) in [5, 5.41) is 4.84. The minimum Gasteiger partial charge on any atom is -0.277 e. The maximum Gasteiger partial charge on any atom is 0.238 e. The van der Waals surface area contributed by atoms with Crippen LogP contribution in [-0.4, -0.2) is 19.5 Å². The fraction of sp³-hybridized carbons (Fsp3) is 0. The summed E-state index contributed by atoms with van der Waals surface area (Å²) < 4.78 is 4.76. The van der Waals surface area contributed by atoms with Gasteiger partial charge in [-0.3, -0.25) is 4.57 Å². The third kappa shape index (κ3) is 3.94. The average Bonchev–Trinajstić information content (AvgIpc) is 3.65. The van der Waals surface area contributed by atoms with Crippen molar-refractivity contribution in [2.45, 2.75) is 0 Å². The van der Waals surface area contributed by atoms with Gasteiger partial charge in [0.2, 0.25) is 5.95 Å². The van der Waals surface area contributed by atoms with Gasteiger partial charge in [-0.15, -0.1) is 11.3 Å².